The molecule has 4 heteroatoms. The molecule has 2 aromatic rings. The van der Waals surface area contributed by atoms with Gasteiger partial charge < -0.3 is 14.6 Å². The second-order valence-electron chi connectivity index (χ2n) is 10.6. The SMILES string of the molecule is CCCC(CC(=O)O)c1cccc(OCC2=CCC(c3cccc(OC)c3)C(C3CCCCCC3)=C2)c1. The Labute approximate surface area is 222 Å². The molecule has 1 N–H and O–H groups in total. The molecule has 4 nitrogen and oxygen atoms in total. The van der Waals surface area contributed by atoms with Crippen LogP contribution in [0.4, 0.5) is 0 Å². The lowest BCUT2D eigenvalue weighted by atomic mass is 9.75. The van der Waals surface area contributed by atoms with Crippen molar-refractivity contribution in [2.45, 2.75) is 83.0 Å². The van der Waals surface area contributed by atoms with E-state index in [9.17, 15) is 9.90 Å². The van der Waals surface area contributed by atoms with Crippen LogP contribution in [-0.2, 0) is 4.79 Å². The second kappa shape index (κ2) is 13.5. The molecule has 0 amide bonds. The number of ether oxygens (including phenoxy) is 2. The van der Waals surface area contributed by atoms with Crippen molar-refractivity contribution in [1.29, 1.82) is 0 Å². The van der Waals surface area contributed by atoms with Gasteiger partial charge in [-0.15, -0.1) is 0 Å². The fourth-order valence-electron chi connectivity index (χ4n) is 6.05. The highest BCUT2D eigenvalue weighted by Crippen LogP contribution is 2.43. The van der Waals surface area contributed by atoms with E-state index in [2.05, 4.69) is 37.3 Å². The van der Waals surface area contributed by atoms with Gasteiger partial charge in [0.25, 0.3) is 0 Å². The lowest BCUT2D eigenvalue weighted by Crippen LogP contribution is -2.16. The van der Waals surface area contributed by atoms with Gasteiger partial charge in [-0.3, -0.25) is 4.79 Å². The van der Waals surface area contributed by atoms with E-state index in [1.54, 1.807) is 12.7 Å². The van der Waals surface area contributed by atoms with Crippen molar-refractivity contribution < 1.29 is 19.4 Å². The number of methoxy groups -OCH3 is 1. The van der Waals surface area contributed by atoms with Crippen LogP contribution in [0, 0.1) is 5.92 Å². The maximum atomic E-state index is 11.4. The molecule has 0 aromatic heterocycles. The van der Waals surface area contributed by atoms with E-state index in [1.807, 2.05) is 30.3 Å². The summed E-state index contributed by atoms with van der Waals surface area (Å²) >= 11 is 0. The van der Waals surface area contributed by atoms with E-state index >= 15 is 0 Å². The Morgan fingerprint density at radius 3 is 2.51 bits per heavy atom. The molecule has 2 atom stereocenters. The zero-order valence-electron chi connectivity index (χ0n) is 22.5. The van der Waals surface area contributed by atoms with Crippen molar-refractivity contribution in [3.8, 4) is 11.5 Å². The first-order chi connectivity index (χ1) is 18.1. The van der Waals surface area contributed by atoms with Gasteiger partial charge in [-0.05, 0) is 78.5 Å². The lowest BCUT2D eigenvalue weighted by molar-refractivity contribution is -0.137. The molecular weight excluding hydrogens is 460 g/mol. The molecule has 2 aliphatic rings. The molecule has 2 unspecified atom stereocenters. The van der Waals surface area contributed by atoms with Crippen LogP contribution in [0.25, 0.3) is 0 Å². The molecule has 0 aliphatic heterocycles. The minimum absolute atomic E-state index is 0.0188. The summed E-state index contributed by atoms with van der Waals surface area (Å²) in [5, 5.41) is 9.35. The van der Waals surface area contributed by atoms with Gasteiger partial charge in [0.15, 0.2) is 0 Å². The van der Waals surface area contributed by atoms with E-state index < -0.39 is 5.97 Å². The molecule has 0 saturated heterocycles. The number of allylic oxidation sites excluding steroid dienone is 2. The van der Waals surface area contributed by atoms with Crippen molar-refractivity contribution in [1.82, 2.24) is 0 Å². The molecule has 2 aliphatic carbocycles. The highest BCUT2D eigenvalue weighted by atomic mass is 16.5. The maximum Gasteiger partial charge on any atom is 0.303 e. The Balaban J connectivity index is 1.52. The van der Waals surface area contributed by atoms with Crippen molar-refractivity contribution in [3.05, 3.63) is 83.0 Å². The Hall–Kier alpha value is -3.01. The first-order valence-corrected chi connectivity index (χ1v) is 14.1. The van der Waals surface area contributed by atoms with Crippen LogP contribution in [0.2, 0.25) is 0 Å². The molecule has 1 saturated carbocycles. The molecule has 0 heterocycles. The Morgan fingerprint density at radius 1 is 1.03 bits per heavy atom. The minimum Gasteiger partial charge on any atom is -0.497 e. The van der Waals surface area contributed by atoms with Gasteiger partial charge in [0.2, 0.25) is 0 Å². The normalized spacial score (nSPS) is 19.4. The Bertz CT molecular complexity index is 1090. The van der Waals surface area contributed by atoms with Crippen LogP contribution in [0.1, 0.15) is 94.1 Å². The van der Waals surface area contributed by atoms with E-state index in [4.69, 9.17) is 9.47 Å². The van der Waals surface area contributed by atoms with Crippen molar-refractivity contribution >= 4 is 5.97 Å². The zero-order chi connectivity index (χ0) is 26.0. The summed E-state index contributed by atoms with van der Waals surface area (Å²) in [6.07, 6.45) is 15.5. The second-order valence-corrected chi connectivity index (χ2v) is 10.6. The number of hydrogen-bond donors (Lipinski definition) is 1. The van der Waals surface area contributed by atoms with Crippen LogP contribution in [-0.4, -0.2) is 24.8 Å². The van der Waals surface area contributed by atoms with Crippen LogP contribution >= 0.6 is 0 Å². The number of aliphatic carboxylic acids is 1. The lowest BCUT2D eigenvalue weighted by Gasteiger charge is -2.30. The minimum atomic E-state index is -0.751. The zero-order valence-corrected chi connectivity index (χ0v) is 22.5. The summed E-state index contributed by atoms with van der Waals surface area (Å²) in [5.74, 6) is 2.00. The predicted molar refractivity (Wildman–Crippen MR) is 150 cm³/mol. The van der Waals surface area contributed by atoms with E-state index in [0.29, 0.717) is 18.4 Å². The number of rotatable bonds is 11. The molecule has 198 valence electrons. The number of hydrogen-bond acceptors (Lipinski definition) is 3. The molecule has 0 radical (unpaired) electrons. The maximum absolute atomic E-state index is 11.4. The van der Waals surface area contributed by atoms with Crippen molar-refractivity contribution in [2.24, 2.45) is 5.92 Å². The van der Waals surface area contributed by atoms with Gasteiger partial charge in [-0.2, -0.15) is 0 Å². The van der Waals surface area contributed by atoms with Gasteiger partial charge >= 0.3 is 5.97 Å². The van der Waals surface area contributed by atoms with Crippen molar-refractivity contribution in [2.75, 3.05) is 13.7 Å². The van der Waals surface area contributed by atoms with E-state index in [-0.39, 0.29) is 12.3 Å². The van der Waals surface area contributed by atoms with Crippen LogP contribution in [0.5, 0.6) is 11.5 Å². The van der Waals surface area contributed by atoms with Crippen LogP contribution < -0.4 is 9.47 Å². The fraction of sp³-hybridized carbons (Fsp3) is 0.485. The average Bonchev–Trinajstić information content (AvgIpc) is 3.21. The third-order valence-corrected chi connectivity index (χ3v) is 7.99. The van der Waals surface area contributed by atoms with Gasteiger partial charge in [-0.25, -0.2) is 0 Å². The highest BCUT2D eigenvalue weighted by Gasteiger charge is 2.27. The average molecular weight is 503 g/mol. The summed E-state index contributed by atoms with van der Waals surface area (Å²) in [6, 6.07) is 16.6. The molecule has 0 bridgehead atoms. The smallest absolute Gasteiger partial charge is 0.303 e. The summed E-state index contributed by atoms with van der Waals surface area (Å²) in [7, 11) is 1.73. The fourth-order valence-corrected chi connectivity index (χ4v) is 6.05. The molecule has 2 aromatic carbocycles. The van der Waals surface area contributed by atoms with Crippen LogP contribution in [0.15, 0.2) is 71.8 Å². The molecule has 1 fully saturated rings. The Morgan fingerprint density at radius 2 is 1.78 bits per heavy atom. The third-order valence-electron chi connectivity index (χ3n) is 7.99. The summed E-state index contributed by atoms with van der Waals surface area (Å²) < 4.78 is 11.8. The highest BCUT2D eigenvalue weighted by molar-refractivity contribution is 5.68. The first-order valence-electron chi connectivity index (χ1n) is 14.1. The molecule has 4 rings (SSSR count). The van der Waals surface area contributed by atoms with Gasteiger partial charge in [0.05, 0.1) is 13.5 Å². The van der Waals surface area contributed by atoms with E-state index in [1.165, 1.54) is 49.7 Å². The summed E-state index contributed by atoms with van der Waals surface area (Å²) in [4.78, 5) is 11.4. The molecule has 0 spiro atoms. The number of carboxylic acid groups (broad SMARTS) is 1. The summed E-state index contributed by atoms with van der Waals surface area (Å²) in [5.41, 5.74) is 5.17. The quantitative estimate of drug-likeness (QED) is 0.313. The van der Waals surface area contributed by atoms with Crippen molar-refractivity contribution in [3.63, 3.8) is 0 Å². The van der Waals surface area contributed by atoms with Crippen LogP contribution in [0.3, 0.4) is 0 Å². The van der Waals surface area contributed by atoms with Gasteiger partial charge in [0, 0.05) is 5.92 Å². The number of benzene rings is 2. The largest absolute Gasteiger partial charge is 0.497 e. The van der Waals surface area contributed by atoms with Gasteiger partial charge in [0.1, 0.15) is 18.1 Å². The molecular formula is C33H42O4. The number of carboxylic acids is 1. The monoisotopic (exact) mass is 502 g/mol. The summed E-state index contributed by atoms with van der Waals surface area (Å²) in [6.45, 7) is 2.63. The standard InChI is InChI=1S/C33H42O4/c1-3-10-26(22-33(34)35)27-13-8-16-30(20-27)37-23-24-17-18-31(28-14-9-15-29(21-28)36-2)32(19-24)25-11-6-4-5-7-12-25/h8-9,13-17,19-21,25-26,31H,3-7,10-12,18,22-23H2,1-2H3,(H,34,35). The third kappa shape index (κ3) is 7.50. The van der Waals surface area contributed by atoms with Gasteiger partial charge in [-0.1, -0.05) is 81.0 Å². The predicted octanol–water partition coefficient (Wildman–Crippen LogP) is 8.44. The number of carbonyl (C=O) groups is 1. The van der Waals surface area contributed by atoms with E-state index in [0.717, 1.165) is 36.3 Å². The Kier molecular flexibility index (Phi) is 9.87. The first kappa shape index (κ1) is 27.0. The molecule has 37 heavy (non-hydrogen) atoms. The topological polar surface area (TPSA) is 55.8 Å².